The summed E-state index contributed by atoms with van der Waals surface area (Å²) >= 11 is 0. The number of morpholine rings is 1. The first-order valence-electron chi connectivity index (χ1n) is 7.82. The number of carbonyl (C=O) groups is 1. The zero-order valence-electron chi connectivity index (χ0n) is 13.3. The molecule has 0 aliphatic carbocycles. The number of hydrogen-bond donors (Lipinski definition) is 0. The quantitative estimate of drug-likeness (QED) is 0.868. The van der Waals surface area contributed by atoms with E-state index in [0.29, 0.717) is 32.0 Å². The highest BCUT2D eigenvalue weighted by Crippen LogP contribution is 2.15. The summed E-state index contributed by atoms with van der Waals surface area (Å²) in [6.07, 6.45) is 1.76. The van der Waals surface area contributed by atoms with E-state index in [1.54, 1.807) is 17.2 Å². The smallest absolute Gasteiger partial charge is 0.272 e. The van der Waals surface area contributed by atoms with E-state index in [1.807, 2.05) is 31.3 Å². The van der Waals surface area contributed by atoms with E-state index >= 15 is 0 Å². The van der Waals surface area contributed by atoms with Crippen molar-refractivity contribution < 1.29 is 9.53 Å². The minimum atomic E-state index is -0.0226. The van der Waals surface area contributed by atoms with Crippen LogP contribution in [0.3, 0.4) is 0 Å². The van der Waals surface area contributed by atoms with Gasteiger partial charge in [-0.2, -0.15) is 0 Å². The number of nitrogens with zero attached hydrogens (tertiary/aromatic N) is 3. The average molecular weight is 311 g/mol. The molecule has 0 bridgehead atoms. The van der Waals surface area contributed by atoms with Gasteiger partial charge in [0.25, 0.3) is 5.91 Å². The van der Waals surface area contributed by atoms with Crippen LogP contribution in [0.15, 0.2) is 48.7 Å². The Bertz CT molecular complexity index is 637. The Hall–Kier alpha value is -2.40. The summed E-state index contributed by atoms with van der Waals surface area (Å²) in [5, 5.41) is 0. The second-order valence-corrected chi connectivity index (χ2v) is 5.65. The highest BCUT2D eigenvalue weighted by molar-refractivity contribution is 5.92. The minimum absolute atomic E-state index is 0.0226. The molecular formula is C18H21N3O2. The zero-order valence-corrected chi connectivity index (χ0v) is 13.3. The topological polar surface area (TPSA) is 45.7 Å². The molecule has 1 aromatic carbocycles. The third-order valence-electron chi connectivity index (χ3n) is 3.97. The van der Waals surface area contributed by atoms with Crippen LogP contribution in [-0.4, -0.2) is 49.1 Å². The number of hydrogen-bond acceptors (Lipinski definition) is 4. The van der Waals surface area contributed by atoms with Crippen molar-refractivity contribution in [2.24, 2.45) is 0 Å². The minimum Gasteiger partial charge on any atom is -0.378 e. The first-order chi connectivity index (χ1) is 11.2. The molecule has 0 unspecified atom stereocenters. The summed E-state index contributed by atoms with van der Waals surface area (Å²) in [4.78, 5) is 20.6. The fraction of sp³-hybridized carbons (Fsp3) is 0.333. The lowest BCUT2D eigenvalue weighted by Crippen LogP contribution is -2.41. The molecule has 120 valence electrons. The molecular weight excluding hydrogens is 290 g/mol. The summed E-state index contributed by atoms with van der Waals surface area (Å²) in [7, 11) is 2.02. The highest BCUT2D eigenvalue weighted by Gasteiger charge is 2.19. The molecule has 1 aromatic heterocycles. The molecule has 0 radical (unpaired) electrons. The van der Waals surface area contributed by atoms with Crippen LogP contribution in [0, 0.1) is 0 Å². The predicted octanol–water partition coefficient (Wildman–Crippen LogP) is 2.19. The third kappa shape index (κ3) is 3.87. The number of rotatable bonds is 4. The number of anilines is 1. The van der Waals surface area contributed by atoms with Gasteiger partial charge < -0.3 is 14.5 Å². The summed E-state index contributed by atoms with van der Waals surface area (Å²) in [5.74, 6) is -0.0226. The first kappa shape index (κ1) is 15.5. The van der Waals surface area contributed by atoms with E-state index in [2.05, 4.69) is 22.0 Å². The van der Waals surface area contributed by atoms with Crippen molar-refractivity contribution in [2.45, 2.75) is 6.54 Å². The molecule has 0 N–H and O–H groups in total. The molecule has 1 fully saturated rings. The van der Waals surface area contributed by atoms with Crippen molar-refractivity contribution in [2.75, 3.05) is 38.3 Å². The van der Waals surface area contributed by atoms with Crippen LogP contribution in [0.2, 0.25) is 0 Å². The van der Waals surface area contributed by atoms with Gasteiger partial charge in [-0.05, 0) is 17.7 Å². The van der Waals surface area contributed by atoms with Crippen LogP contribution in [0.25, 0.3) is 0 Å². The lowest BCUT2D eigenvalue weighted by atomic mass is 10.2. The van der Waals surface area contributed by atoms with Gasteiger partial charge in [0.1, 0.15) is 5.69 Å². The molecule has 1 aliphatic heterocycles. The number of aromatic nitrogens is 1. The maximum Gasteiger partial charge on any atom is 0.272 e. The molecule has 2 aromatic rings. The molecule has 0 atom stereocenters. The molecule has 5 heteroatoms. The third-order valence-corrected chi connectivity index (χ3v) is 3.97. The van der Waals surface area contributed by atoms with Gasteiger partial charge in [-0.25, -0.2) is 4.98 Å². The van der Waals surface area contributed by atoms with Crippen molar-refractivity contribution in [1.29, 1.82) is 0 Å². The Kier molecular flexibility index (Phi) is 4.88. The summed E-state index contributed by atoms with van der Waals surface area (Å²) < 4.78 is 5.27. The average Bonchev–Trinajstić information content (AvgIpc) is 2.63. The second-order valence-electron chi connectivity index (χ2n) is 5.65. The van der Waals surface area contributed by atoms with Crippen LogP contribution in [0.1, 0.15) is 16.1 Å². The van der Waals surface area contributed by atoms with Crippen LogP contribution < -0.4 is 4.90 Å². The number of ether oxygens (including phenoxy) is 1. The van der Waals surface area contributed by atoms with Crippen molar-refractivity contribution in [3.63, 3.8) is 0 Å². The van der Waals surface area contributed by atoms with Crippen LogP contribution in [0.5, 0.6) is 0 Å². The van der Waals surface area contributed by atoms with Gasteiger partial charge in [0, 0.05) is 26.7 Å². The van der Waals surface area contributed by atoms with E-state index in [-0.39, 0.29) is 5.91 Å². The first-order valence-corrected chi connectivity index (χ1v) is 7.82. The van der Waals surface area contributed by atoms with Crippen LogP contribution >= 0.6 is 0 Å². The van der Waals surface area contributed by atoms with E-state index in [9.17, 15) is 4.79 Å². The maximum absolute atomic E-state index is 12.4. The molecule has 1 amide bonds. The normalized spacial score (nSPS) is 14.6. The molecule has 5 nitrogen and oxygen atoms in total. The zero-order chi connectivity index (χ0) is 16.1. The van der Waals surface area contributed by atoms with Gasteiger partial charge in [0.15, 0.2) is 0 Å². The molecule has 1 saturated heterocycles. The molecule has 23 heavy (non-hydrogen) atoms. The Balaban J connectivity index is 1.65. The van der Waals surface area contributed by atoms with Crippen LogP contribution in [-0.2, 0) is 11.3 Å². The van der Waals surface area contributed by atoms with Crippen molar-refractivity contribution in [3.8, 4) is 0 Å². The lowest BCUT2D eigenvalue weighted by Gasteiger charge is -2.26. The van der Waals surface area contributed by atoms with Gasteiger partial charge in [-0.3, -0.25) is 4.79 Å². The van der Waals surface area contributed by atoms with Crippen molar-refractivity contribution in [1.82, 2.24) is 9.88 Å². The molecule has 1 aliphatic rings. The number of pyridine rings is 1. The fourth-order valence-electron chi connectivity index (χ4n) is 2.62. The van der Waals surface area contributed by atoms with Crippen molar-refractivity contribution in [3.05, 3.63) is 59.9 Å². The maximum atomic E-state index is 12.4. The Morgan fingerprint density at radius 3 is 2.57 bits per heavy atom. The van der Waals surface area contributed by atoms with E-state index in [0.717, 1.165) is 12.2 Å². The van der Waals surface area contributed by atoms with Crippen molar-refractivity contribution >= 4 is 11.6 Å². The van der Waals surface area contributed by atoms with Gasteiger partial charge in [0.2, 0.25) is 0 Å². The lowest BCUT2D eigenvalue weighted by molar-refractivity contribution is 0.0299. The number of amides is 1. The van der Waals surface area contributed by atoms with Crippen LogP contribution in [0.4, 0.5) is 5.69 Å². The Labute approximate surface area is 136 Å². The standard InChI is InChI=1S/C18H21N3O2/c1-20(14-15-5-3-2-4-6-15)16-7-8-17(19-13-16)18(22)21-9-11-23-12-10-21/h2-8,13H,9-12,14H2,1H3. The SMILES string of the molecule is CN(Cc1ccccc1)c1ccc(C(=O)N2CCOCC2)nc1. The van der Waals surface area contributed by atoms with E-state index in [1.165, 1.54) is 5.56 Å². The summed E-state index contributed by atoms with van der Waals surface area (Å²) in [6.45, 7) is 3.28. The van der Waals surface area contributed by atoms with Gasteiger partial charge in [-0.15, -0.1) is 0 Å². The number of carbonyl (C=O) groups excluding carboxylic acids is 1. The largest absolute Gasteiger partial charge is 0.378 e. The molecule has 3 rings (SSSR count). The molecule has 2 heterocycles. The summed E-state index contributed by atoms with van der Waals surface area (Å²) in [6, 6.07) is 14.0. The van der Waals surface area contributed by atoms with E-state index < -0.39 is 0 Å². The number of benzene rings is 1. The Morgan fingerprint density at radius 2 is 1.91 bits per heavy atom. The second kappa shape index (κ2) is 7.24. The Morgan fingerprint density at radius 1 is 1.17 bits per heavy atom. The highest BCUT2D eigenvalue weighted by atomic mass is 16.5. The summed E-state index contributed by atoms with van der Waals surface area (Å²) in [5.41, 5.74) is 2.72. The molecule has 0 spiro atoms. The van der Waals surface area contributed by atoms with Gasteiger partial charge in [0.05, 0.1) is 25.1 Å². The van der Waals surface area contributed by atoms with Gasteiger partial charge in [-0.1, -0.05) is 30.3 Å². The van der Waals surface area contributed by atoms with E-state index in [4.69, 9.17) is 4.74 Å². The monoisotopic (exact) mass is 311 g/mol. The fourth-order valence-corrected chi connectivity index (χ4v) is 2.62. The predicted molar refractivity (Wildman–Crippen MR) is 89.5 cm³/mol. The van der Waals surface area contributed by atoms with Gasteiger partial charge >= 0.3 is 0 Å². The molecule has 0 saturated carbocycles.